The van der Waals surface area contributed by atoms with E-state index in [0.29, 0.717) is 6.42 Å². The smallest absolute Gasteiger partial charge is 0.0642 e. The van der Waals surface area contributed by atoms with Gasteiger partial charge < -0.3 is 5.73 Å². The average molecular weight is 226 g/mol. The van der Waals surface area contributed by atoms with Crippen LogP contribution in [0.5, 0.6) is 0 Å². The first-order chi connectivity index (χ1) is 5.74. The zero-order chi connectivity index (χ0) is 8.97. The third-order valence-electron chi connectivity index (χ3n) is 1.44. The van der Waals surface area contributed by atoms with E-state index in [9.17, 15) is 0 Å². The van der Waals surface area contributed by atoms with Gasteiger partial charge >= 0.3 is 0 Å². The van der Waals surface area contributed by atoms with E-state index in [2.05, 4.69) is 20.9 Å². The fourth-order valence-corrected chi connectivity index (χ4v) is 1.04. The molecular formula is C8H8BrN3. The summed E-state index contributed by atoms with van der Waals surface area (Å²) in [7, 11) is 0. The maximum atomic E-state index is 8.39. The molecule has 0 aliphatic rings. The summed E-state index contributed by atoms with van der Waals surface area (Å²) in [6, 6.07) is 5.40. The zero-order valence-corrected chi connectivity index (χ0v) is 7.95. The number of rotatable bonds is 2. The molecule has 0 bridgehead atoms. The van der Waals surface area contributed by atoms with Crippen molar-refractivity contribution in [3.8, 4) is 6.07 Å². The summed E-state index contributed by atoms with van der Waals surface area (Å²) in [5, 5.41) is 8.39. The molecule has 0 fully saturated rings. The highest BCUT2D eigenvalue weighted by molar-refractivity contribution is 9.10. The third kappa shape index (κ3) is 2.29. The van der Waals surface area contributed by atoms with Crippen LogP contribution in [0.15, 0.2) is 22.8 Å². The molecule has 1 heterocycles. The van der Waals surface area contributed by atoms with Gasteiger partial charge in [0, 0.05) is 10.7 Å². The Kier molecular flexibility index (Phi) is 3.20. The molecule has 12 heavy (non-hydrogen) atoms. The number of halogens is 1. The summed E-state index contributed by atoms with van der Waals surface area (Å²) in [5.41, 5.74) is 6.41. The fraction of sp³-hybridized carbons (Fsp3) is 0.250. The lowest BCUT2D eigenvalue weighted by molar-refractivity contribution is 0.719. The van der Waals surface area contributed by atoms with Crippen LogP contribution in [-0.4, -0.2) is 4.98 Å². The lowest BCUT2D eigenvalue weighted by Crippen LogP contribution is -2.10. The van der Waals surface area contributed by atoms with E-state index in [4.69, 9.17) is 11.0 Å². The maximum Gasteiger partial charge on any atom is 0.0642 e. The summed E-state index contributed by atoms with van der Waals surface area (Å²) < 4.78 is 0.912. The van der Waals surface area contributed by atoms with Gasteiger partial charge in [-0.15, -0.1) is 0 Å². The van der Waals surface area contributed by atoms with Crippen LogP contribution in [0.1, 0.15) is 18.2 Å². The van der Waals surface area contributed by atoms with Crippen LogP contribution >= 0.6 is 15.9 Å². The molecule has 0 aromatic carbocycles. The Morgan fingerprint density at radius 2 is 2.42 bits per heavy atom. The van der Waals surface area contributed by atoms with Crippen molar-refractivity contribution in [1.29, 1.82) is 5.26 Å². The Morgan fingerprint density at radius 1 is 1.67 bits per heavy atom. The molecule has 3 nitrogen and oxygen atoms in total. The number of nitriles is 1. The van der Waals surface area contributed by atoms with Crippen molar-refractivity contribution in [3.63, 3.8) is 0 Å². The van der Waals surface area contributed by atoms with Gasteiger partial charge in [0.05, 0.1) is 24.2 Å². The molecule has 62 valence electrons. The molecule has 0 aliphatic carbocycles. The standard InChI is InChI=1S/C8H8BrN3/c9-6-1-2-8(12-5-6)7(11)3-4-10/h1-2,5,7H,3,11H2/t7-/m1/s1. The second-order valence-corrected chi connectivity index (χ2v) is 3.29. The Bertz CT molecular complexity index is 288. The first-order valence-electron chi connectivity index (χ1n) is 3.48. The Balaban J connectivity index is 2.76. The third-order valence-corrected chi connectivity index (χ3v) is 1.91. The van der Waals surface area contributed by atoms with Crippen molar-refractivity contribution in [1.82, 2.24) is 4.98 Å². The summed E-state index contributed by atoms with van der Waals surface area (Å²) >= 11 is 3.27. The van der Waals surface area contributed by atoms with E-state index in [1.165, 1.54) is 0 Å². The lowest BCUT2D eigenvalue weighted by atomic mass is 10.1. The SMILES string of the molecule is N#CC[C@@H](N)c1ccc(Br)cn1. The lowest BCUT2D eigenvalue weighted by Gasteiger charge is -2.05. The van der Waals surface area contributed by atoms with E-state index < -0.39 is 0 Å². The number of aromatic nitrogens is 1. The van der Waals surface area contributed by atoms with Crippen LogP contribution in [0.25, 0.3) is 0 Å². The Labute approximate surface area is 79.3 Å². The number of nitrogens with zero attached hydrogens (tertiary/aromatic N) is 2. The first kappa shape index (κ1) is 9.17. The molecule has 1 aromatic heterocycles. The number of hydrogen-bond donors (Lipinski definition) is 1. The van der Waals surface area contributed by atoms with Crippen molar-refractivity contribution >= 4 is 15.9 Å². The highest BCUT2D eigenvalue weighted by Crippen LogP contribution is 2.13. The molecule has 1 aromatic rings. The number of nitrogens with two attached hydrogens (primary N) is 1. The molecular weight excluding hydrogens is 218 g/mol. The van der Waals surface area contributed by atoms with Gasteiger partial charge in [-0.3, -0.25) is 4.98 Å². The molecule has 2 N–H and O–H groups in total. The molecule has 0 aliphatic heterocycles. The first-order valence-corrected chi connectivity index (χ1v) is 4.27. The highest BCUT2D eigenvalue weighted by atomic mass is 79.9. The van der Waals surface area contributed by atoms with E-state index in [1.807, 2.05) is 18.2 Å². The molecule has 0 saturated carbocycles. The summed E-state index contributed by atoms with van der Waals surface area (Å²) in [4.78, 5) is 4.07. The Morgan fingerprint density at radius 3 is 2.92 bits per heavy atom. The van der Waals surface area contributed by atoms with Crippen molar-refractivity contribution in [3.05, 3.63) is 28.5 Å². The van der Waals surface area contributed by atoms with Gasteiger partial charge in [0.2, 0.25) is 0 Å². The van der Waals surface area contributed by atoms with Crippen LogP contribution in [0.3, 0.4) is 0 Å². The molecule has 0 radical (unpaired) electrons. The minimum atomic E-state index is -0.275. The second-order valence-electron chi connectivity index (χ2n) is 2.37. The molecule has 1 rings (SSSR count). The van der Waals surface area contributed by atoms with Crippen LogP contribution in [-0.2, 0) is 0 Å². The quantitative estimate of drug-likeness (QED) is 0.835. The number of pyridine rings is 1. The van der Waals surface area contributed by atoms with Gasteiger partial charge in [-0.1, -0.05) is 0 Å². The topological polar surface area (TPSA) is 62.7 Å². The maximum absolute atomic E-state index is 8.39. The Hall–Kier alpha value is -0.920. The van der Waals surface area contributed by atoms with Gasteiger partial charge in [-0.05, 0) is 28.1 Å². The van der Waals surface area contributed by atoms with Crippen molar-refractivity contribution in [2.45, 2.75) is 12.5 Å². The average Bonchev–Trinajstić information content (AvgIpc) is 2.06. The normalized spacial score (nSPS) is 12.1. The largest absolute Gasteiger partial charge is 0.322 e. The monoisotopic (exact) mass is 225 g/mol. The van der Waals surface area contributed by atoms with Crippen molar-refractivity contribution in [2.24, 2.45) is 5.73 Å². The molecule has 0 saturated heterocycles. The molecule has 4 heteroatoms. The predicted octanol–water partition coefficient (Wildman–Crippen LogP) is 1.76. The summed E-state index contributed by atoms with van der Waals surface area (Å²) in [6.07, 6.45) is 1.97. The molecule has 0 spiro atoms. The van der Waals surface area contributed by atoms with Crippen LogP contribution in [0.4, 0.5) is 0 Å². The molecule has 0 unspecified atom stereocenters. The van der Waals surface area contributed by atoms with Crippen molar-refractivity contribution in [2.75, 3.05) is 0 Å². The van der Waals surface area contributed by atoms with Crippen LogP contribution < -0.4 is 5.73 Å². The van der Waals surface area contributed by atoms with Gasteiger partial charge in [0.15, 0.2) is 0 Å². The van der Waals surface area contributed by atoms with Gasteiger partial charge in [-0.2, -0.15) is 5.26 Å². The van der Waals surface area contributed by atoms with E-state index in [1.54, 1.807) is 6.20 Å². The molecule has 0 amide bonds. The van der Waals surface area contributed by atoms with Gasteiger partial charge in [0.25, 0.3) is 0 Å². The van der Waals surface area contributed by atoms with Gasteiger partial charge in [-0.25, -0.2) is 0 Å². The molecule has 1 atom stereocenters. The van der Waals surface area contributed by atoms with E-state index >= 15 is 0 Å². The predicted molar refractivity (Wildman–Crippen MR) is 49.1 cm³/mol. The van der Waals surface area contributed by atoms with Crippen LogP contribution in [0, 0.1) is 11.3 Å². The summed E-state index contributed by atoms with van der Waals surface area (Å²) in [6.45, 7) is 0. The van der Waals surface area contributed by atoms with Gasteiger partial charge in [0.1, 0.15) is 0 Å². The second kappa shape index (κ2) is 4.19. The minimum absolute atomic E-state index is 0.275. The highest BCUT2D eigenvalue weighted by Gasteiger charge is 2.05. The summed E-state index contributed by atoms with van der Waals surface area (Å²) in [5.74, 6) is 0. The van der Waals surface area contributed by atoms with E-state index in [0.717, 1.165) is 10.2 Å². The van der Waals surface area contributed by atoms with Crippen molar-refractivity contribution < 1.29 is 0 Å². The van der Waals surface area contributed by atoms with E-state index in [-0.39, 0.29) is 6.04 Å². The zero-order valence-electron chi connectivity index (χ0n) is 6.37. The minimum Gasteiger partial charge on any atom is -0.322 e. The number of hydrogen-bond acceptors (Lipinski definition) is 3. The fourth-order valence-electron chi connectivity index (χ4n) is 0.810. The van der Waals surface area contributed by atoms with Crippen LogP contribution in [0.2, 0.25) is 0 Å².